The van der Waals surface area contributed by atoms with Crippen LogP contribution in [0.15, 0.2) is 42.5 Å². The average molecular weight is 299 g/mol. The van der Waals surface area contributed by atoms with E-state index in [0.717, 1.165) is 18.4 Å². The molecule has 0 heterocycles. The molecule has 1 amide bonds. The van der Waals surface area contributed by atoms with Gasteiger partial charge in [-0.2, -0.15) is 0 Å². The SMILES string of the molecule is CC(C=CC(=O)Cc1ccccc1)C(=O)NC1CCCCC1. The van der Waals surface area contributed by atoms with Crippen LogP contribution < -0.4 is 5.32 Å². The number of carbonyl (C=O) groups excluding carboxylic acids is 2. The maximum Gasteiger partial charge on any atom is 0.226 e. The highest BCUT2D eigenvalue weighted by Gasteiger charge is 2.18. The van der Waals surface area contributed by atoms with Gasteiger partial charge in [0.05, 0.1) is 5.92 Å². The van der Waals surface area contributed by atoms with Gasteiger partial charge in [-0.25, -0.2) is 0 Å². The first-order chi connectivity index (χ1) is 10.6. The first-order valence-electron chi connectivity index (χ1n) is 8.20. The Kier molecular flexibility index (Phi) is 6.38. The van der Waals surface area contributed by atoms with Crippen LogP contribution in [0, 0.1) is 5.92 Å². The van der Waals surface area contributed by atoms with E-state index in [2.05, 4.69) is 5.32 Å². The summed E-state index contributed by atoms with van der Waals surface area (Å²) in [7, 11) is 0. The van der Waals surface area contributed by atoms with E-state index in [1.54, 1.807) is 6.08 Å². The van der Waals surface area contributed by atoms with Crippen LogP contribution in [0.25, 0.3) is 0 Å². The number of hydrogen-bond donors (Lipinski definition) is 1. The fraction of sp³-hybridized carbons (Fsp3) is 0.474. The van der Waals surface area contributed by atoms with E-state index in [-0.39, 0.29) is 17.6 Å². The van der Waals surface area contributed by atoms with Crippen LogP contribution in [0.5, 0.6) is 0 Å². The van der Waals surface area contributed by atoms with Crippen molar-refractivity contribution in [2.45, 2.75) is 51.5 Å². The normalized spacial score (nSPS) is 17.3. The Hall–Kier alpha value is -1.90. The van der Waals surface area contributed by atoms with Gasteiger partial charge in [-0.1, -0.05) is 62.6 Å². The van der Waals surface area contributed by atoms with E-state index >= 15 is 0 Å². The molecule has 0 aliphatic heterocycles. The Labute approximate surface area is 132 Å². The summed E-state index contributed by atoms with van der Waals surface area (Å²) in [5, 5.41) is 3.09. The highest BCUT2D eigenvalue weighted by molar-refractivity contribution is 5.92. The molecule has 1 aromatic rings. The molecular formula is C19H25NO2. The first-order valence-corrected chi connectivity index (χ1v) is 8.20. The van der Waals surface area contributed by atoms with Crippen LogP contribution in [-0.4, -0.2) is 17.7 Å². The van der Waals surface area contributed by atoms with Crippen LogP contribution >= 0.6 is 0 Å². The monoisotopic (exact) mass is 299 g/mol. The van der Waals surface area contributed by atoms with Crippen molar-refractivity contribution in [2.75, 3.05) is 0 Å². The van der Waals surface area contributed by atoms with Gasteiger partial charge in [0, 0.05) is 12.5 Å². The summed E-state index contributed by atoms with van der Waals surface area (Å²) in [6.07, 6.45) is 9.46. The molecular weight excluding hydrogens is 274 g/mol. The van der Waals surface area contributed by atoms with Gasteiger partial charge in [0.25, 0.3) is 0 Å². The fourth-order valence-corrected chi connectivity index (χ4v) is 2.77. The zero-order valence-electron chi connectivity index (χ0n) is 13.3. The molecule has 118 valence electrons. The molecule has 1 aromatic carbocycles. The summed E-state index contributed by atoms with van der Waals surface area (Å²) in [5.74, 6) is -0.208. The van der Waals surface area contributed by atoms with Gasteiger partial charge in [0.1, 0.15) is 0 Å². The van der Waals surface area contributed by atoms with Crippen LogP contribution in [0.2, 0.25) is 0 Å². The molecule has 1 aliphatic carbocycles. The third-order valence-corrected chi connectivity index (χ3v) is 4.16. The van der Waals surface area contributed by atoms with E-state index in [1.807, 2.05) is 37.3 Å². The molecule has 1 atom stereocenters. The van der Waals surface area contributed by atoms with Crippen molar-refractivity contribution in [2.24, 2.45) is 5.92 Å². The van der Waals surface area contributed by atoms with Crippen LogP contribution in [0.1, 0.15) is 44.6 Å². The summed E-state index contributed by atoms with van der Waals surface area (Å²) >= 11 is 0. The molecule has 1 N–H and O–H groups in total. The van der Waals surface area contributed by atoms with Crippen LogP contribution in [0.4, 0.5) is 0 Å². The number of rotatable bonds is 6. The van der Waals surface area contributed by atoms with E-state index in [9.17, 15) is 9.59 Å². The highest BCUT2D eigenvalue weighted by Crippen LogP contribution is 2.17. The summed E-state index contributed by atoms with van der Waals surface area (Å²) < 4.78 is 0. The number of nitrogens with one attached hydrogen (secondary N) is 1. The Balaban J connectivity index is 1.78. The van der Waals surface area contributed by atoms with Gasteiger partial charge < -0.3 is 5.32 Å². The highest BCUT2D eigenvalue weighted by atomic mass is 16.2. The number of allylic oxidation sites excluding steroid dienone is 1. The first kappa shape index (κ1) is 16.5. The van der Waals surface area contributed by atoms with E-state index in [0.29, 0.717) is 12.5 Å². The van der Waals surface area contributed by atoms with Crippen molar-refractivity contribution in [1.82, 2.24) is 5.32 Å². The van der Waals surface area contributed by atoms with Crippen molar-refractivity contribution in [3.8, 4) is 0 Å². The van der Waals surface area contributed by atoms with Crippen LogP contribution in [-0.2, 0) is 16.0 Å². The number of benzene rings is 1. The van der Waals surface area contributed by atoms with E-state index in [4.69, 9.17) is 0 Å². The number of hydrogen-bond acceptors (Lipinski definition) is 2. The van der Waals surface area contributed by atoms with Crippen molar-refractivity contribution in [1.29, 1.82) is 0 Å². The third-order valence-electron chi connectivity index (χ3n) is 4.16. The lowest BCUT2D eigenvalue weighted by Crippen LogP contribution is -2.38. The quantitative estimate of drug-likeness (QED) is 0.818. The fourth-order valence-electron chi connectivity index (χ4n) is 2.77. The molecule has 1 fully saturated rings. The predicted octanol–water partition coefficient (Wildman–Crippen LogP) is 3.44. The number of ketones is 1. The summed E-state index contributed by atoms with van der Waals surface area (Å²) in [4.78, 5) is 24.0. The molecule has 1 unspecified atom stereocenters. The second-order valence-electron chi connectivity index (χ2n) is 6.12. The van der Waals surface area contributed by atoms with Crippen molar-refractivity contribution in [3.05, 3.63) is 48.0 Å². The Bertz CT molecular complexity index is 515. The van der Waals surface area contributed by atoms with Gasteiger partial charge in [-0.15, -0.1) is 0 Å². The minimum atomic E-state index is -0.262. The van der Waals surface area contributed by atoms with Gasteiger partial charge in [0.15, 0.2) is 5.78 Å². The largest absolute Gasteiger partial charge is 0.353 e. The zero-order valence-corrected chi connectivity index (χ0v) is 13.3. The minimum absolute atomic E-state index is 0.0238. The topological polar surface area (TPSA) is 46.2 Å². The molecule has 2 rings (SSSR count). The molecule has 1 saturated carbocycles. The average Bonchev–Trinajstić information content (AvgIpc) is 2.54. The third kappa shape index (κ3) is 5.47. The van der Waals surface area contributed by atoms with Gasteiger partial charge in [-0.05, 0) is 24.5 Å². The van der Waals surface area contributed by atoms with Crippen molar-refractivity contribution >= 4 is 11.7 Å². The summed E-state index contributed by atoms with van der Waals surface area (Å²) in [6.45, 7) is 1.84. The standard InChI is InChI=1S/C19H25NO2/c1-15(19(22)20-17-10-6-3-7-11-17)12-13-18(21)14-16-8-4-2-5-9-16/h2,4-5,8-9,12-13,15,17H,3,6-7,10-11,14H2,1H3,(H,20,22). The predicted molar refractivity (Wildman–Crippen MR) is 88.5 cm³/mol. The lowest BCUT2D eigenvalue weighted by molar-refractivity contribution is -0.124. The molecule has 0 saturated heterocycles. The van der Waals surface area contributed by atoms with Crippen molar-refractivity contribution in [3.63, 3.8) is 0 Å². The maximum absolute atomic E-state index is 12.1. The van der Waals surface area contributed by atoms with E-state index < -0.39 is 0 Å². The Morgan fingerprint density at radius 1 is 1.18 bits per heavy atom. The van der Waals surface area contributed by atoms with Crippen molar-refractivity contribution < 1.29 is 9.59 Å². The number of amides is 1. The van der Waals surface area contributed by atoms with Gasteiger partial charge in [0.2, 0.25) is 5.91 Å². The molecule has 22 heavy (non-hydrogen) atoms. The maximum atomic E-state index is 12.1. The summed E-state index contributed by atoms with van der Waals surface area (Å²) in [5.41, 5.74) is 0.997. The molecule has 0 bridgehead atoms. The van der Waals surface area contributed by atoms with Crippen LogP contribution in [0.3, 0.4) is 0 Å². The van der Waals surface area contributed by atoms with Gasteiger partial charge in [-0.3, -0.25) is 9.59 Å². The second-order valence-corrected chi connectivity index (χ2v) is 6.12. The Morgan fingerprint density at radius 3 is 2.55 bits per heavy atom. The smallest absolute Gasteiger partial charge is 0.226 e. The van der Waals surface area contributed by atoms with Gasteiger partial charge >= 0.3 is 0 Å². The number of carbonyl (C=O) groups is 2. The lowest BCUT2D eigenvalue weighted by Gasteiger charge is -2.23. The zero-order chi connectivity index (χ0) is 15.8. The lowest BCUT2D eigenvalue weighted by atomic mass is 9.95. The Morgan fingerprint density at radius 2 is 1.86 bits per heavy atom. The molecule has 1 aliphatic rings. The molecule has 3 heteroatoms. The molecule has 0 spiro atoms. The molecule has 3 nitrogen and oxygen atoms in total. The second kappa shape index (κ2) is 8.52. The summed E-state index contributed by atoms with van der Waals surface area (Å²) in [6, 6.07) is 9.97. The molecule has 0 radical (unpaired) electrons. The van der Waals surface area contributed by atoms with E-state index in [1.165, 1.54) is 25.3 Å². The molecule has 0 aromatic heterocycles. The minimum Gasteiger partial charge on any atom is -0.353 e.